The number of nitrogens with one attached hydrogen (secondary N) is 2. The normalized spacial score (nSPS) is 10.9. The molecule has 0 atom stereocenters. The number of benzene rings is 1. The van der Waals surface area contributed by atoms with Crippen LogP contribution >= 0.6 is 23.4 Å². The third kappa shape index (κ3) is 2.71. The maximum absolute atomic E-state index is 5.90. The molecule has 0 bridgehead atoms. The molecular formula is C13H12ClN5S. The number of hydrogen-bond donors (Lipinski definition) is 2. The number of hydrogen-bond acceptors (Lipinski definition) is 5. The Morgan fingerprint density at radius 1 is 1.25 bits per heavy atom. The average Bonchev–Trinajstić information content (AvgIpc) is 2.90. The number of aromatic amines is 1. The first-order valence-corrected chi connectivity index (χ1v) is 7.34. The van der Waals surface area contributed by atoms with E-state index in [1.807, 2.05) is 31.2 Å². The quantitative estimate of drug-likeness (QED) is 0.721. The van der Waals surface area contributed by atoms with Crippen molar-refractivity contribution >= 4 is 40.3 Å². The van der Waals surface area contributed by atoms with Crippen LogP contribution in [0.4, 0.5) is 5.95 Å². The predicted molar refractivity (Wildman–Crippen MR) is 81.4 cm³/mol. The molecule has 7 heteroatoms. The van der Waals surface area contributed by atoms with Crippen molar-refractivity contribution in [1.29, 1.82) is 0 Å². The number of nitrogens with zero attached hydrogens (tertiary/aromatic N) is 3. The van der Waals surface area contributed by atoms with Crippen LogP contribution in [0, 0.1) is 0 Å². The zero-order valence-electron chi connectivity index (χ0n) is 10.7. The summed E-state index contributed by atoms with van der Waals surface area (Å²) >= 11 is 7.46. The summed E-state index contributed by atoms with van der Waals surface area (Å²) in [5.74, 6) is 0.598. The summed E-state index contributed by atoms with van der Waals surface area (Å²) in [5, 5.41) is 12.5. The molecule has 20 heavy (non-hydrogen) atoms. The number of rotatable bonds is 4. The first-order chi connectivity index (χ1) is 9.76. The Morgan fingerprint density at radius 3 is 2.80 bits per heavy atom. The van der Waals surface area contributed by atoms with E-state index >= 15 is 0 Å². The van der Waals surface area contributed by atoms with E-state index in [1.54, 1.807) is 18.0 Å². The van der Waals surface area contributed by atoms with Crippen molar-refractivity contribution in [2.45, 2.75) is 16.8 Å². The lowest BCUT2D eigenvalue weighted by Gasteiger charge is -2.06. The van der Waals surface area contributed by atoms with Gasteiger partial charge in [-0.1, -0.05) is 23.4 Å². The topological polar surface area (TPSA) is 66.5 Å². The van der Waals surface area contributed by atoms with Gasteiger partial charge in [-0.3, -0.25) is 5.10 Å². The third-order valence-corrected chi connectivity index (χ3v) is 3.90. The molecule has 0 unspecified atom stereocenters. The molecule has 0 fully saturated rings. The van der Waals surface area contributed by atoms with E-state index in [0.29, 0.717) is 5.95 Å². The maximum atomic E-state index is 5.90. The van der Waals surface area contributed by atoms with Crippen molar-refractivity contribution in [3.63, 3.8) is 0 Å². The van der Waals surface area contributed by atoms with Gasteiger partial charge in [0.25, 0.3) is 0 Å². The molecule has 0 saturated carbocycles. The first-order valence-electron chi connectivity index (χ1n) is 6.14. The Morgan fingerprint density at radius 2 is 2.05 bits per heavy atom. The monoisotopic (exact) mass is 305 g/mol. The second-order valence-electron chi connectivity index (χ2n) is 4.07. The average molecular weight is 306 g/mol. The summed E-state index contributed by atoms with van der Waals surface area (Å²) in [7, 11) is 0. The SMILES string of the molecule is CCNc1nc(Sc2ccc(Cl)cc2)c2cn[nH]c2n1. The van der Waals surface area contributed by atoms with Crippen molar-refractivity contribution in [1.82, 2.24) is 20.2 Å². The molecule has 3 aromatic rings. The van der Waals surface area contributed by atoms with Gasteiger partial charge in [0.2, 0.25) is 5.95 Å². The van der Waals surface area contributed by atoms with Crippen LogP contribution < -0.4 is 5.32 Å². The van der Waals surface area contributed by atoms with Crippen molar-refractivity contribution in [2.24, 2.45) is 0 Å². The first kappa shape index (κ1) is 13.2. The maximum Gasteiger partial charge on any atom is 0.225 e. The van der Waals surface area contributed by atoms with Gasteiger partial charge in [-0.15, -0.1) is 0 Å². The molecule has 2 heterocycles. The van der Waals surface area contributed by atoms with Gasteiger partial charge in [-0.2, -0.15) is 10.1 Å². The fourth-order valence-corrected chi connectivity index (χ4v) is 2.75. The van der Waals surface area contributed by atoms with Crippen LogP contribution in [0.2, 0.25) is 5.02 Å². The smallest absolute Gasteiger partial charge is 0.225 e. The van der Waals surface area contributed by atoms with Crippen molar-refractivity contribution in [2.75, 3.05) is 11.9 Å². The molecule has 1 aromatic carbocycles. The van der Waals surface area contributed by atoms with E-state index < -0.39 is 0 Å². The third-order valence-electron chi connectivity index (χ3n) is 2.64. The highest BCUT2D eigenvalue weighted by molar-refractivity contribution is 7.99. The fraction of sp³-hybridized carbons (Fsp3) is 0.154. The largest absolute Gasteiger partial charge is 0.354 e. The highest BCUT2D eigenvalue weighted by Gasteiger charge is 2.10. The molecule has 0 radical (unpaired) electrons. The summed E-state index contributed by atoms with van der Waals surface area (Å²) in [6.07, 6.45) is 1.74. The van der Waals surface area contributed by atoms with E-state index in [4.69, 9.17) is 11.6 Å². The van der Waals surface area contributed by atoms with Crippen molar-refractivity contribution in [3.05, 3.63) is 35.5 Å². The van der Waals surface area contributed by atoms with Gasteiger partial charge < -0.3 is 5.32 Å². The molecule has 0 spiro atoms. The number of halogens is 1. The molecule has 0 aliphatic carbocycles. The van der Waals surface area contributed by atoms with Gasteiger partial charge in [-0.25, -0.2) is 4.98 Å². The summed E-state index contributed by atoms with van der Waals surface area (Å²) in [6.45, 7) is 2.78. The Labute approximate surface area is 125 Å². The molecule has 3 rings (SSSR count). The molecule has 102 valence electrons. The Hall–Kier alpha value is -1.79. The van der Waals surface area contributed by atoms with Crippen molar-refractivity contribution < 1.29 is 0 Å². The highest BCUT2D eigenvalue weighted by atomic mass is 35.5. The van der Waals surface area contributed by atoms with E-state index in [1.165, 1.54) is 0 Å². The van der Waals surface area contributed by atoms with Gasteiger partial charge in [-0.05, 0) is 31.2 Å². The molecular weight excluding hydrogens is 294 g/mol. The second kappa shape index (κ2) is 5.68. The van der Waals surface area contributed by atoms with Gasteiger partial charge in [0.1, 0.15) is 5.03 Å². The van der Waals surface area contributed by atoms with Gasteiger partial charge >= 0.3 is 0 Å². The van der Waals surface area contributed by atoms with E-state index in [2.05, 4.69) is 25.5 Å². The lowest BCUT2D eigenvalue weighted by Crippen LogP contribution is -2.02. The summed E-state index contributed by atoms with van der Waals surface area (Å²) in [6, 6.07) is 7.66. The molecule has 5 nitrogen and oxygen atoms in total. The van der Waals surface area contributed by atoms with Crippen LogP contribution in [-0.4, -0.2) is 26.7 Å². The van der Waals surface area contributed by atoms with E-state index in [-0.39, 0.29) is 0 Å². The minimum Gasteiger partial charge on any atom is -0.354 e. The second-order valence-corrected chi connectivity index (χ2v) is 5.57. The lowest BCUT2D eigenvalue weighted by molar-refractivity contribution is 1.04. The fourth-order valence-electron chi connectivity index (χ4n) is 1.74. The highest BCUT2D eigenvalue weighted by Crippen LogP contribution is 2.32. The van der Waals surface area contributed by atoms with Gasteiger partial charge in [0.05, 0.1) is 11.6 Å². The minimum absolute atomic E-state index is 0.598. The molecule has 0 aliphatic rings. The molecule has 0 aliphatic heterocycles. The molecule has 2 N–H and O–H groups in total. The van der Waals surface area contributed by atoms with Crippen LogP contribution in [-0.2, 0) is 0 Å². The minimum atomic E-state index is 0.598. The number of H-pyrrole nitrogens is 1. The Kier molecular flexibility index (Phi) is 3.75. The Bertz CT molecular complexity index is 725. The van der Waals surface area contributed by atoms with Gasteiger partial charge in [0.15, 0.2) is 5.65 Å². The summed E-state index contributed by atoms with van der Waals surface area (Å²) in [5.41, 5.74) is 0.729. The number of aromatic nitrogens is 4. The van der Waals surface area contributed by atoms with Crippen LogP contribution in [0.25, 0.3) is 11.0 Å². The molecule has 2 aromatic heterocycles. The van der Waals surface area contributed by atoms with Crippen LogP contribution in [0.1, 0.15) is 6.92 Å². The standard InChI is InChI=1S/C13H12ClN5S/c1-2-15-13-17-11-10(7-16-19-11)12(18-13)20-9-5-3-8(14)4-6-9/h3-7H,2H2,1H3,(H2,15,16,17,18,19). The zero-order chi connectivity index (χ0) is 13.9. The summed E-state index contributed by atoms with van der Waals surface area (Å²) < 4.78 is 0. The molecule has 0 saturated heterocycles. The van der Waals surface area contributed by atoms with Crippen LogP contribution in [0.15, 0.2) is 40.4 Å². The molecule has 0 amide bonds. The predicted octanol–water partition coefficient (Wildman–Crippen LogP) is 3.59. The number of anilines is 1. The zero-order valence-corrected chi connectivity index (χ0v) is 12.3. The van der Waals surface area contributed by atoms with Gasteiger partial charge in [0, 0.05) is 16.5 Å². The van der Waals surface area contributed by atoms with Crippen LogP contribution in [0.3, 0.4) is 0 Å². The number of fused-ring (bicyclic) bond motifs is 1. The lowest BCUT2D eigenvalue weighted by atomic mass is 10.4. The Balaban J connectivity index is 2.00. The van der Waals surface area contributed by atoms with Crippen LogP contribution in [0.5, 0.6) is 0 Å². The summed E-state index contributed by atoms with van der Waals surface area (Å²) in [4.78, 5) is 9.96. The van der Waals surface area contributed by atoms with E-state index in [0.717, 1.165) is 32.5 Å². The van der Waals surface area contributed by atoms with Crippen molar-refractivity contribution in [3.8, 4) is 0 Å². The van der Waals surface area contributed by atoms with E-state index in [9.17, 15) is 0 Å².